The lowest BCUT2D eigenvalue weighted by Crippen LogP contribution is -2.29. The lowest BCUT2D eigenvalue weighted by molar-refractivity contribution is -0.151. The molecule has 1 saturated carbocycles. The summed E-state index contributed by atoms with van der Waals surface area (Å²) in [5.41, 5.74) is 0. The standard InChI is InChI=1S/C38H72INO5/c1-2-3-4-15-22-35-25-27-36(28-26-35)45-38(43)24-17-10-8-13-20-31-40(32-33-41)30-19-12-7-9-16-23-37(42)44-34-21-14-6-5-11-18-29-39/h35-36,41H,2-34H2,1H3. The second-order valence-corrected chi connectivity index (χ2v) is 14.7. The molecule has 0 aromatic carbocycles. The van der Waals surface area contributed by atoms with Crippen LogP contribution < -0.4 is 0 Å². The van der Waals surface area contributed by atoms with Crippen LogP contribution in [-0.4, -0.2) is 65.3 Å². The summed E-state index contributed by atoms with van der Waals surface area (Å²) >= 11 is 2.43. The molecular weight excluding hydrogens is 677 g/mol. The molecule has 0 amide bonds. The second kappa shape index (κ2) is 32.2. The predicted octanol–water partition coefficient (Wildman–Crippen LogP) is 10.4. The summed E-state index contributed by atoms with van der Waals surface area (Å²) < 4.78 is 12.4. The highest BCUT2D eigenvalue weighted by molar-refractivity contribution is 14.1. The van der Waals surface area contributed by atoms with Crippen molar-refractivity contribution in [3.05, 3.63) is 0 Å². The van der Waals surface area contributed by atoms with Gasteiger partial charge in [0.05, 0.1) is 13.2 Å². The molecule has 1 aliphatic carbocycles. The van der Waals surface area contributed by atoms with Crippen LogP contribution in [0.5, 0.6) is 0 Å². The molecular formula is C38H72INO5. The van der Waals surface area contributed by atoms with Crippen molar-refractivity contribution >= 4 is 34.5 Å². The second-order valence-electron chi connectivity index (χ2n) is 13.6. The number of aliphatic hydroxyl groups is 1. The average molecular weight is 750 g/mol. The summed E-state index contributed by atoms with van der Waals surface area (Å²) in [6.45, 7) is 5.88. The number of hydrogen-bond donors (Lipinski definition) is 1. The minimum Gasteiger partial charge on any atom is -0.466 e. The van der Waals surface area contributed by atoms with Crippen molar-refractivity contribution in [1.29, 1.82) is 0 Å². The third kappa shape index (κ3) is 27.3. The molecule has 0 radical (unpaired) electrons. The van der Waals surface area contributed by atoms with Gasteiger partial charge in [-0.3, -0.25) is 9.59 Å². The fourth-order valence-corrected chi connectivity index (χ4v) is 7.09. The number of alkyl halides is 1. The van der Waals surface area contributed by atoms with Crippen LogP contribution in [0.3, 0.4) is 0 Å². The van der Waals surface area contributed by atoms with E-state index in [2.05, 4.69) is 34.4 Å². The highest BCUT2D eigenvalue weighted by atomic mass is 127. The van der Waals surface area contributed by atoms with E-state index in [0.717, 1.165) is 96.2 Å². The molecule has 0 heterocycles. The minimum atomic E-state index is -0.0326. The van der Waals surface area contributed by atoms with Gasteiger partial charge in [0, 0.05) is 19.4 Å². The smallest absolute Gasteiger partial charge is 0.306 e. The Morgan fingerprint density at radius 1 is 0.644 bits per heavy atom. The van der Waals surface area contributed by atoms with Gasteiger partial charge < -0.3 is 19.5 Å². The summed E-state index contributed by atoms with van der Waals surface area (Å²) in [6.07, 6.45) is 30.9. The van der Waals surface area contributed by atoms with Crippen LogP contribution >= 0.6 is 22.6 Å². The van der Waals surface area contributed by atoms with Crippen molar-refractivity contribution in [2.75, 3.05) is 37.3 Å². The highest BCUT2D eigenvalue weighted by Crippen LogP contribution is 2.30. The maximum absolute atomic E-state index is 12.3. The summed E-state index contributed by atoms with van der Waals surface area (Å²) in [7, 11) is 0. The fourth-order valence-electron chi connectivity index (χ4n) is 6.55. The molecule has 0 aromatic heterocycles. The van der Waals surface area contributed by atoms with Crippen molar-refractivity contribution in [3.8, 4) is 0 Å². The molecule has 0 spiro atoms. The average Bonchev–Trinajstić information content (AvgIpc) is 3.04. The predicted molar refractivity (Wildman–Crippen MR) is 197 cm³/mol. The Kier molecular flexibility index (Phi) is 30.4. The van der Waals surface area contributed by atoms with Crippen LogP contribution in [-0.2, 0) is 19.1 Å². The van der Waals surface area contributed by atoms with E-state index >= 15 is 0 Å². The number of carbonyl (C=O) groups excluding carboxylic acids is 2. The Hall–Kier alpha value is -0.410. The zero-order valence-corrected chi connectivity index (χ0v) is 31.6. The van der Waals surface area contributed by atoms with Gasteiger partial charge in [-0.05, 0) is 87.6 Å². The Morgan fingerprint density at radius 2 is 1.18 bits per heavy atom. The number of nitrogens with zero attached hydrogens (tertiary/aromatic N) is 1. The number of aliphatic hydroxyl groups excluding tert-OH is 1. The summed E-state index contributed by atoms with van der Waals surface area (Å²) in [5.74, 6) is 0.826. The molecule has 7 heteroatoms. The van der Waals surface area contributed by atoms with Gasteiger partial charge >= 0.3 is 11.9 Å². The molecule has 0 atom stereocenters. The van der Waals surface area contributed by atoms with Gasteiger partial charge in [-0.1, -0.05) is 126 Å². The first-order valence-electron chi connectivity index (χ1n) is 19.3. The number of halogens is 1. The number of hydrogen-bond acceptors (Lipinski definition) is 6. The van der Waals surface area contributed by atoms with E-state index in [1.165, 1.54) is 94.3 Å². The molecule has 0 unspecified atom stereocenters. The Labute approximate surface area is 292 Å². The van der Waals surface area contributed by atoms with Gasteiger partial charge in [0.15, 0.2) is 0 Å². The van der Waals surface area contributed by atoms with Crippen molar-refractivity contribution in [2.45, 2.75) is 186 Å². The van der Waals surface area contributed by atoms with E-state index in [9.17, 15) is 14.7 Å². The zero-order chi connectivity index (χ0) is 32.6. The molecule has 0 bridgehead atoms. The van der Waals surface area contributed by atoms with Gasteiger partial charge in [0.1, 0.15) is 6.10 Å². The van der Waals surface area contributed by atoms with Crippen molar-refractivity contribution < 1.29 is 24.2 Å². The summed E-state index contributed by atoms with van der Waals surface area (Å²) in [4.78, 5) is 26.6. The fraction of sp³-hybridized carbons (Fsp3) is 0.947. The minimum absolute atomic E-state index is 0.00840. The number of unbranched alkanes of at least 4 members (excludes halogenated alkanes) is 16. The topological polar surface area (TPSA) is 76.1 Å². The Morgan fingerprint density at radius 3 is 1.78 bits per heavy atom. The monoisotopic (exact) mass is 749 g/mol. The van der Waals surface area contributed by atoms with Crippen molar-refractivity contribution in [1.82, 2.24) is 4.90 Å². The summed E-state index contributed by atoms with van der Waals surface area (Å²) in [6, 6.07) is 0. The zero-order valence-electron chi connectivity index (χ0n) is 29.4. The molecule has 1 N–H and O–H groups in total. The first kappa shape index (κ1) is 42.6. The molecule has 45 heavy (non-hydrogen) atoms. The first-order chi connectivity index (χ1) is 22.1. The highest BCUT2D eigenvalue weighted by Gasteiger charge is 2.23. The third-order valence-corrected chi connectivity index (χ3v) is 10.2. The van der Waals surface area contributed by atoms with Gasteiger partial charge in [0.2, 0.25) is 0 Å². The van der Waals surface area contributed by atoms with Crippen molar-refractivity contribution in [2.24, 2.45) is 5.92 Å². The van der Waals surface area contributed by atoms with Crippen LogP contribution in [0.1, 0.15) is 180 Å². The SMILES string of the molecule is CCCCCCC1CCC(OC(=O)CCCCCCCN(CCO)CCCCCCCC(=O)OCCCCCCCCI)CC1. The number of esters is 2. The molecule has 266 valence electrons. The molecule has 0 aromatic rings. The molecule has 0 aliphatic heterocycles. The maximum Gasteiger partial charge on any atom is 0.306 e. The van der Waals surface area contributed by atoms with Crippen LogP contribution in [0.2, 0.25) is 0 Å². The third-order valence-electron chi connectivity index (χ3n) is 9.48. The van der Waals surface area contributed by atoms with E-state index in [4.69, 9.17) is 9.47 Å². The Bertz CT molecular complexity index is 671. The van der Waals surface area contributed by atoms with Crippen LogP contribution in [0.4, 0.5) is 0 Å². The lowest BCUT2D eigenvalue weighted by Gasteiger charge is -2.28. The molecule has 1 aliphatic rings. The first-order valence-corrected chi connectivity index (χ1v) is 20.9. The van der Waals surface area contributed by atoms with Gasteiger partial charge in [0.25, 0.3) is 0 Å². The van der Waals surface area contributed by atoms with Crippen LogP contribution in [0.25, 0.3) is 0 Å². The van der Waals surface area contributed by atoms with E-state index < -0.39 is 0 Å². The van der Waals surface area contributed by atoms with E-state index in [1.54, 1.807) is 0 Å². The normalized spacial score (nSPS) is 16.7. The van der Waals surface area contributed by atoms with E-state index in [0.29, 0.717) is 19.4 Å². The quantitative estimate of drug-likeness (QED) is 0.0319. The Balaban J connectivity index is 1.93. The van der Waals surface area contributed by atoms with Gasteiger partial charge in [-0.2, -0.15) is 0 Å². The van der Waals surface area contributed by atoms with E-state index in [-0.39, 0.29) is 24.6 Å². The maximum atomic E-state index is 12.3. The molecule has 6 nitrogen and oxygen atoms in total. The van der Waals surface area contributed by atoms with Gasteiger partial charge in [-0.15, -0.1) is 0 Å². The van der Waals surface area contributed by atoms with Gasteiger partial charge in [-0.25, -0.2) is 0 Å². The van der Waals surface area contributed by atoms with Crippen LogP contribution in [0.15, 0.2) is 0 Å². The molecule has 0 saturated heterocycles. The number of ether oxygens (including phenoxy) is 2. The number of rotatable bonds is 32. The van der Waals surface area contributed by atoms with Crippen molar-refractivity contribution in [3.63, 3.8) is 0 Å². The van der Waals surface area contributed by atoms with E-state index in [1.807, 2.05) is 0 Å². The number of carbonyl (C=O) groups is 2. The molecule has 1 rings (SSSR count). The summed E-state index contributed by atoms with van der Waals surface area (Å²) in [5, 5.41) is 9.47. The molecule has 1 fully saturated rings. The largest absolute Gasteiger partial charge is 0.466 e. The van der Waals surface area contributed by atoms with Crippen LogP contribution in [0, 0.1) is 5.92 Å². The lowest BCUT2D eigenvalue weighted by atomic mass is 9.84.